The first-order valence-corrected chi connectivity index (χ1v) is 9.00. The topological polar surface area (TPSA) is 110 Å². The first-order valence-electron chi connectivity index (χ1n) is 9.00. The summed E-state index contributed by atoms with van der Waals surface area (Å²) in [5, 5.41) is 4.20. The van der Waals surface area contributed by atoms with E-state index in [1.54, 1.807) is 30.2 Å². The fourth-order valence-electron chi connectivity index (χ4n) is 2.85. The van der Waals surface area contributed by atoms with E-state index in [0.29, 0.717) is 23.7 Å². The fourth-order valence-corrected chi connectivity index (χ4v) is 2.85. The van der Waals surface area contributed by atoms with Gasteiger partial charge in [-0.15, -0.1) is 0 Å². The van der Waals surface area contributed by atoms with Gasteiger partial charge in [0, 0.05) is 31.5 Å². The lowest BCUT2D eigenvalue weighted by atomic mass is 10.2. The highest BCUT2D eigenvalue weighted by Crippen LogP contribution is 2.17. The molecule has 3 rings (SSSR count). The molecule has 0 aromatic carbocycles. The van der Waals surface area contributed by atoms with Crippen LogP contribution >= 0.6 is 0 Å². The number of aromatic nitrogens is 5. The van der Waals surface area contributed by atoms with E-state index in [2.05, 4.69) is 32.4 Å². The van der Waals surface area contributed by atoms with Gasteiger partial charge in [-0.05, 0) is 12.5 Å². The molecule has 27 heavy (non-hydrogen) atoms. The number of nitrogens with zero attached hydrogens (tertiary/aromatic N) is 5. The number of H-pyrrole nitrogens is 1. The summed E-state index contributed by atoms with van der Waals surface area (Å²) in [5.74, 6) is 0.424. The second kappa shape index (κ2) is 8.43. The molecule has 0 aliphatic carbocycles. The maximum absolute atomic E-state index is 12.4. The lowest BCUT2D eigenvalue weighted by molar-refractivity contribution is 0.593. The molecule has 0 bridgehead atoms. The summed E-state index contributed by atoms with van der Waals surface area (Å²) in [5.41, 5.74) is 3.49. The summed E-state index contributed by atoms with van der Waals surface area (Å²) in [6.45, 7) is 2.76. The molecule has 3 heterocycles. The Bertz CT molecular complexity index is 1050. The maximum atomic E-state index is 12.4. The normalized spacial score (nSPS) is 11.5. The van der Waals surface area contributed by atoms with Crippen LogP contribution < -0.4 is 16.7 Å². The minimum Gasteiger partial charge on any atom is -0.303 e. The minimum absolute atomic E-state index is 0.332. The third kappa shape index (κ3) is 4.13. The molecule has 2 N–H and O–H groups in total. The molecule has 0 amide bonds. The number of nitrogens with one attached hydrogen (secondary N) is 2. The molecule has 0 aliphatic rings. The van der Waals surface area contributed by atoms with Crippen LogP contribution in [-0.2, 0) is 13.6 Å². The minimum atomic E-state index is -0.492. The fraction of sp³-hybridized carbons (Fsp3) is 0.389. The lowest BCUT2D eigenvalue weighted by Crippen LogP contribution is -2.29. The van der Waals surface area contributed by atoms with E-state index in [4.69, 9.17) is 0 Å². The first-order chi connectivity index (χ1) is 13.1. The van der Waals surface area contributed by atoms with Gasteiger partial charge in [0.15, 0.2) is 11.2 Å². The Morgan fingerprint density at radius 3 is 2.89 bits per heavy atom. The van der Waals surface area contributed by atoms with Gasteiger partial charge >= 0.3 is 5.69 Å². The van der Waals surface area contributed by atoms with Gasteiger partial charge in [0.2, 0.25) is 5.95 Å². The van der Waals surface area contributed by atoms with Gasteiger partial charge in [-0.25, -0.2) is 10.2 Å². The van der Waals surface area contributed by atoms with Crippen LogP contribution in [0, 0.1) is 0 Å². The van der Waals surface area contributed by atoms with Crippen molar-refractivity contribution in [1.82, 2.24) is 24.1 Å². The summed E-state index contributed by atoms with van der Waals surface area (Å²) in [6.07, 6.45) is 9.21. The zero-order valence-corrected chi connectivity index (χ0v) is 15.5. The molecular formula is C18H23N7O2. The van der Waals surface area contributed by atoms with Crippen LogP contribution in [0.1, 0.15) is 38.2 Å². The van der Waals surface area contributed by atoms with E-state index in [1.165, 1.54) is 4.57 Å². The molecule has 0 saturated heterocycles. The summed E-state index contributed by atoms with van der Waals surface area (Å²) >= 11 is 0. The number of aromatic amines is 1. The third-order valence-electron chi connectivity index (χ3n) is 4.30. The van der Waals surface area contributed by atoms with E-state index < -0.39 is 11.2 Å². The number of pyridine rings is 1. The van der Waals surface area contributed by atoms with Crippen LogP contribution in [0.25, 0.3) is 11.2 Å². The molecule has 0 atom stereocenters. The Kier molecular flexibility index (Phi) is 5.80. The van der Waals surface area contributed by atoms with Crippen LogP contribution in [0.4, 0.5) is 5.95 Å². The molecule has 3 aromatic rings. The van der Waals surface area contributed by atoms with Gasteiger partial charge in [-0.3, -0.25) is 19.3 Å². The number of rotatable bonds is 8. The summed E-state index contributed by atoms with van der Waals surface area (Å²) < 4.78 is 3.11. The predicted octanol–water partition coefficient (Wildman–Crippen LogP) is 1.84. The number of hydrazone groups is 1. The van der Waals surface area contributed by atoms with Crippen LogP contribution in [0.2, 0.25) is 0 Å². The molecule has 0 spiro atoms. The number of anilines is 1. The molecule has 0 saturated carbocycles. The van der Waals surface area contributed by atoms with E-state index >= 15 is 0 Å². The van der Waals surface area contributed by atoms with Crippen LogP contribution in [0.3, 0.4) is 0 Å². The largest absolute Gasteiger partial charge is 0.329 e. The summed E-state index contributed by atoms with van der Waals surface area (Å²) in [6, 6.07) is 3.69. The zero-order valence-electron chi connectivity index (χ0n) is 15.5. The van der Waals surface area contributed by atoms with Crippen molar-refractivity contribution in [1.29, 1.82) is 0 Å². The molecule has 0 unspecified atom stereocenters. The third-order valence-corrected chi connectivity index (χ3v) is 4.30. The van der Waals surface area contributed by atoms with Gasteiger partial charge in [0.25, 0.3) is 5.56 Å². The highest BCUT2D eigenvalue weighted by Gasteiger charge is 2.16. The maximum Gasteiger partial charge on any atom is 0.329 e. The number of fused-ring (bicyclic) bond motifs is 1. The van der Waals surface area contributed by atoms with Gasteiger partial charge in [0.05, 0.1) is 6.21 Å². The Labute approximate surface area is 155 Å². The molecule has 9 heteroatoms. The van der Waals surface area contributed by atoms with E-state index in [-0.39, 0.29) is 0 Å². The Hall–Kier alpha value is -3.23. The summed E-state index contributed by atoms with van der Waals surface area (Å²) in [7, 11) is 1.58. The van der Waals surface area contributed by atoms with Gasteiger partial charge in [-0.1, -0.05) is 32.3 Å². The Balaban J connectivity index is 1.95. The van der Waals surface area contributed by atoms with Crippen molar-refractivity contribution in [2.75, 3.05) is 5.43 Å². The molecule has 9 nitrogen and oxygen atoms in total. The van der Waals surface area contributed by atoms with Crippen molar-refractivity contribution in [3.8, 4) is 0 Å². The number of imidazole rings is 1. The number of unbranched alkanes of at least 4 members (excludes halogenated alkanes) is 3. The predicted molar refractivity (Wildman–Crippen MR) is 105 cm³/mol. The van der Waals surface area contributed by atoms with E-state index in [1.807, 2.05) is 12.1 Å². The lowest BCUT2D eigenvalue weighted by Gasteiger charge is -2.07. The molecule has 0 radical (unpaired) electrons. The van der Waals surface area contributed by atoms with Crippen molar-refractivity contribution >= 4 is 23.3 Å². The number of aryl methyl sites for hydroxylation is 2. The van der Waals surface area contributed by atoms with Crippen LogP contribution in [-0.4, -0.2) is 30.3 Å². The quantitative estimate of drug-likeness (QED) is 0.358. The van der Waals surface area contributed by atoms with Crippen molar-refractivity contribution in [2.45, 2.75) is 39.2 Å². The highest BCUT2D eigenvalue weighted by atomic mass is 16.2. The van der Waals surface area contributed by atoms with Crippen LogP contribution in [0.15, 0.2) is 39.2 Å². The average Bonchev–Trinajstić information content (AvgIpc) is 3.03. The summed E-state index contributed by atoms with van der Waals surface area (Å²) in [4.78, 5) is 35.0. The Morgan fingerprint density at radius 1 is 1.30 bits per heavy atom. The van der Waals surface area contributed by atoms with E-state index in [0.717, 1.165) is 31.2 Å². The zero-order chi connectivity index (χ0) is 19.2. The van der Waals surface area contributed by atoms with Crippen molar-refractivity contribution in [3.63, 3.8) is 0 Å². The SMILES string of the molecule is CCCCCCn1c(NN=Cc2cccnc2)nc2c1c(=O)[nH]c(=O)n2C. The van der Waals surface area contributed by atoms with Crippen molar-refractivity contribution < 1.29 is 0 Å². The second-order valence-corrected chi connectivity index (χ2v) is 6.29. The number of hydrogen-bond acceptors (Lipinski definition) is 6. The first kappa shape index (κ1) is 18.6. The van der Waals surface area contributed by atoms with Gasteiger partial charge in [-0.2, -0.15) is 10.1 Å². The molecule has 0 aliphatic heterocycles. The number of hydrogen-bond donors (Lipinski definition) is 2. The Morgan fingerprint density at radius 2 is 2.15 bits per heavy atom. The van der Waals surface area contributed by atoms with E-state index in [9.17, 15) is 9.59 Å². The standard InChI is InChI=1S/C18H23N7O2/c1-3-4-5-6-10-25-14-15(24(2)18(27)22-16(14)26)21-17(25)23-20-12-13-8-7-9-19-11-13/h7-9,11-12H,3-6,10H2,1-2H3,(H,21,23)(H,22,26,27). The monoisotopic (exact) mass is 369 g/mol. The second-order valence-electron chi connectivity index (χ2n) is 6.29. The van der Waals surface area contributed by atoms with Crippen LogP contribution in [0.5, 0.6) is 0 Å². The van der Waals surface area contributed by atoms with Crippen molar-refractivity contribution in [2.24, 2.45) is 12.1 Å². The van der Waals surface area contributed by atoms with Gasteiger partial charge < -0.3 is 4.57 Å². The molecule has 142 valence electrons. The van der Waals surface area contributed by atoms with Crippen molar-refractivity contribution in [3.05, 3.63) is 50.9 Å². The molecule has 3 aromatic heterocycles. The van der Waals surface area contributed by atoms with Gasteiger partial charge in [0.1, 0.15) is 0 Å². The smallest absolute Gasteiger partial charge is 0.303 e. The highest BCUT2D eigenvalue weighted by molar-refractivity contribution is 5.80. The molecule has 0 fully saturated rings. The molecular weight excluding hydrogens is 346 g/mol. The average molecular weight is 369 g/mol.